The largest absolute Gasteiger partial charge is 0.489 e. The minimum atomic E-state index is -0.930. The molecule has 2 heterocycles. The Hall–Kier alpha value is -2.38. The van der Waals surface area contributed by atoms with E-state index in [-0.39, 0.29) is 11.8 Å². The van der Waals surface area contributed by atoms with Crippen molar-refractivity contribution in [1.82, 2.24) is 16.0 Å². The van der Waals surface area contributed by atoms with E-state index in [0.717, 1.165) is 32.2 Å². The minimum Gasteiger partial charge on any atom is -0.489 e. The van der Waals surface area contributed by atoms with E-state index < -0.39 is 11.1 Å². The van der Waals surface area contributed by atoms with Crippen LogP contribution in [0.15, 0.2) is 36.4 Å². The third-order valence-corrected chi connectivity index (χ3v) is 6.09. The lowest BCUT2D eigenvalue weighted by molar-refractivity contribution is -0.150. The lowest BCUT2D eigenvalue weighted by Gasteiger charge is -2.38. The Balaban J connectivity index is 1.63. The van der Waals surface area contributed by atoms with Crippen molar-refractivity contribution in [2.24, 2.45) is 0 Å². The number of amides is 2. The van der Waals surface area contributed by atoms with Gasteiger partial charge in [-0.3, -0.25) is 9.59 Å². The highest BCUT2D eigenvalue weighted by atomic mass is 16.5. The zero-order valence-corrected chi connectivity index (χ0v) is 16.7. The van der Waals surface area contributed by atoms with E-state index in [4.69, 9.17) is 9.47 Å². The molecular formula is C22H29N3O4. The van der Waals surface area contributed by atoms with Crippen LogP contribution in [0.4, 0.5) is 0 Å². The molecule has 1 aromatic rings. The van der Waals surface area contributed by atoms with E-state index in [0.29, 0.717) is 44.0 Å². The summed E-state index contributed by atoms with van der Waals surface area (Å²) >= 11 is 0. The molecule has 29 heavy (non-hydrogen) atoms. The Bertz CT molecular complexity index is 780. The van der Waals surface area contributed by atoms with Gasteiger partial charge in [0.05, 0.1) is 17.7 Å². The molecule has 1 atom stereocenters. The molecule has 2 spiro atoms. The highest BCUT2D eigenvalue weighted by Crippen LogP contribution is 2.31. The average molecular weight is 399 g/mol. The van der Waals surface area contributed by atoms with Crippen LogP contribution in [0.25, 0.3) is 0 Å². The zero-order chi connectivity index (χ0) is 20.2. The zero-order valence-electron chi connectivity index (χ0n) is 16.7. The first-order valence-corrected chi connectivity index (χ1v) is 10.4. The van der Waals surface area contributed by atoms with Gasteiger partial charge in [-0.05, 0) is 25.0 Å². The Morgan fingerprint density at radius 3 is 2.62 bits per heavy atom. The molecule has 1 saturated carbocycles. The van der Waals surface area contributed by atoms with Gasteiger partial charge in [0, 0.05) is 26.1 Å². The summed E-state index contributed by atoms with van der Waals surface area (Å²) in [5.74, 6) is 0.269. The molecule has 1 aliphatic carbocycles. The fourth-order valence-electron chi connectivity index (χ4n) is 4.41. The van der Waals surface area contributed by atoms with Gasteiger partial charge in [-0.25, -0.2) is 0 Å². The van der Waals surface area contributed by atoms with E-state index >= 15 is 0 Å². The van der Waals surface area contributed by atoms with Crippen LogP contribution in [0.2, 0.25) is 0 Å². The quantitative estimate of drug-likeness (QED) is 0.576. The number of hydrogen-bond donors (Lipinski definition) is 3. The maximum absolute atomic E-state index is 13.1. The predicted molar refractivity (Wildman–Crippen MR) is 109 cm³/mol. The van der Waals surface area contributed by atoms with Crippen molar-refractivity contribution in [3.63, 3.8) is 0 Å². The third-order valence-electron chi connectivity index (χ3n) is 6.09. The smallest absolute Gasteiger partial charge is 0.255 e. The number of rotatable bonds is 0. The standard InChI is InChI=1S/C22H29N3O4/c26-19-17-7-1-2-8-18(17)28-13-6-5-11-22(16-23-12-14-29-22)20(27)24-15-21(25-19)9-3-4-10-21/h1-2,5-8,23H,3-4,9-16H2,(H,24,27)(H,25,26)/b6-5-. The fourth-order valence-corrected chi connectivity index (χ4v) is 4.41. The first-order chi connectivity index (χ1) is 14.1. The second-order valence-corrected chi connectivity index (χ2v) is 8.13. The molecule has 2 aliphatic heterocycles. The van der Waals surface area contributed by atoms with Crippen LogP contribution in [0.5, 0.6) is 5.75 Å². The Labute approximate surface area is 171 Å². The van der Waals surface area contributed by atoms with E-state index in [2.05, 4.69) is 16.0 Å². The number of morpholine rings is 1. The van der Waals surface area contributed by atoms with Crippen molar-refractivity contribution >= 4 is 11.8 Å². The van der Waals surface area contributed by atoms with Gasteiger partial charge in [0.2, 0.25) is 0 Å². The molecule has 3 aliphatic rings. The SMILES string of the molecule is O=C1NC2(CCCC2)CNC(=O)C2(C/C=C\COc3ccccc31)CNCCO2. The van der Waals surface area contributed by atoms with Gasteiger partial charge in [-0.15, -0.1) is 0 Å². The maximum atomic E-state index is 13.1. The van der Waals surface area contributed by atoms with Crippen molar-refractivity contribution in [3.8, 4) is 5.75 Å². The average Bonchev–Trinajstić information content (AvgIpc) is 3.20. The van der Waals surface area contributed by atoms with E-state index in [1.165, 1.54) is 0 Å². The third kappa shape index (κ3) is 4.31. The molecule has 0 bridgehead atoms. The number of para-hydroxylation sites is 1. The summed E-state index contributed by atoms with van der Waals surface area (Å²) in [6.07, 6.45) is 8.00. The summed E-state index contributed by atoms with van der Waals surface area (Å²) in [6.45, 7) is 2.41. The van der Waals surface area contributed by atoms with E-state index in [1.807, 2.05) is 30.4 Å². The number of nitrogens with one attached hydrogen (secondary N) is 3. The highest BCUT2D eigenvalue weighted by Gasteiger charge is 2.42. The van der Waals surface area contributed by atoms with Crippen molar-refractivity contribution in [3.05, 3.63) is 42.0 Å². The second-order valence-electron chi connectivity index (χ2n) is 8.13. The van der Waals surface area contributed by atoms with Crippen molar-refractivity contribution < 1.29 is 19.1 Å². The van der Waals surface area contributed by atoms with Gasteiger partial charge in [-0.1, -0.05) is 37.1 Å². The summed E-state index contributed by atoms with van der Waals surface area (Å²) in [4.78, 5) is 26.2. The van der Waals surface area contributed by atoms with Crippen molar-refractivity contribution in [2.75, 3.05) is 32.8 Å². The van der Waals surface area contributed by atoms with Crippen molar-refractivity contribution in [1.29, 1.82) is 0 Å². The number of fused-ring (bicyclic) bond motifs is 1. The lowest BCUT2D eigenvalue weighted by Crippen LogP contribution is -2.62. The summed E-state index contributed by atoms with van der Waals surface area (Å²) in [5.41, 5.74) is -0.851. The van der Waals surface area contributed by atoms with Crippen LogP contribution in [0, 0.1) is 0 Å². The number of benzene rings is 1. The molecule has 156 valence electrons. The Kier molecular flexibility index (Phi) is 5.87. The molecule has 2 amide bonds. The van der Waals surface area contributed by atoms with Crippen LogP contribution in [0.1, 0.15) is 42.5 Å². The summed E-state index contributed by atoms with van der Waals surface area (Å²) in [7, 11) is 0. The fraction of sp³-hybridized carbons (Fsp3) is 0.545. The van der Waals surface area contributed by atoms with Crippen LogP contribution >= 0.6 is 0 Å². The number of carbonyl (C=O) groups excluding carboxylic acids is 2. The lowest BCUT2D eigenvalue weighted by atomic mass is 9.93. The van der Waals surface area contributed by atoms with Gasteiger partial charge in [0.25, 0.3) is 11.8 Å². The molecule has 2 fully saturated rings. The molecule has 7 heteroatoms. The van der Waals surface area contributed by atoms with Gasteiger partial charge in [0.15, 0.2) is 5.60 Å². The first kappa shape index (κ1) is 19.9. The highest BCUT2D eigenvalue weighted by molar-refractivity contribution is 5.97. The number of ether oxygens (including phenoxy) is 2. The summed E-state index contributed by atoms with van der Waals surface area (Å²) in [5, 5.41) is 9.57. The van der Waals surface area contributed by atoms with Crippen LogP contribution in [-0.2, 0) is 9.53 Å². The minimum absolute atomic E-state index is 0.131. The van der Waals surface area contributed by atoms with Gasteiger partial charge >= 0.3 is 0 Å². The molecular weight excluding hydrogens is 370 g/mol. The second kappa shape index (κ2) is 8.55. The Morgan fingerprint density at radius 2 is 1.83 bits per heavy atom. The van der Waals surface area contributed by atoms with E-state index in [9.17, 15) is 9.59 Å². The molecule has 3 N–H and O–H groups in total. The molecule has 0 aromatic heterocycles. The molecule has 1 saturated heterocycles. The van der Waals surface area contributed by atoms with Gasteiger partial charge < -0.3 is 25.4 Å². The van der Waals surface area contributed by atoms with Crippen LogP contribution in [0.3, 0.4) is 0 Å². The molecule has 7 nitrogen and oxygen atoms in total. The normalized spacial score (nSPS) is 28.7. The van der Waals surface area contributed by atoms with E-state index in [1.54, 1.807) is 6.07 Å². The van der Waals surface area contributed by atoms with Crippen LogP contribution < -0.4 is 20.7 Å². The monoisotopic (exact) mass is 399 g/mol. The number of carbonyl (C=O) groups is 2. The van der Waals surface area contributed by atoms with Crippen LogP contribution in [-0.4, -0.2) is 55.8 Å². The summed E-state index contributed by atoms with van der Waals surface area (Å²) in [6, 6.07) is 7.29. The predicted octanol–water partition coefficient (Wildman–Crippen LogP) is 1.54. The molecule has 1 unspecified atom stereocenters. The molecule has 1 aromatic carbocycles. The van der Waals surface area contributed by atoms with Gasteiger partial charge in [-0.2, -0.15) is 0 Å². The maximum Gasteiger partial charge on any atom is 0.255 e. The molecule has 4 rings (SSSR count). The first-order valence-electron chi connectivity index (χ1n) is 10.4. The molecule has 0 radical (unpaired) electrons. The topological polar surface area (TPSA) is 88.7 Å². The number of hydrogen-bond acceptors (Lipinski definition) is 5. The van der Waals surface area contributed by atoms with Crippen molar-refractivity contribution in [2.45, 2.75) is 43.2 Å². The Morgan fingerprint density at radius 1 is 1.00 bits per heavy atom. The van der Waals surface area contributed by atoms with Gasteiger partial charge in [0.1, 0.15) is 12.4 Å². The summed E-state index contributed by atoms with van der Waals surface area (Å²) < 4.78 is 11.8.